The van der Waals surface area contributed by atoms with Gasteiger partial charge in [0, 0.05) is 38.3 Å². The molecule has 0 amide bonds. The van der Waals surface area contributed by atoms with Crippen molar-refractivity contribution < 1.29 is 14.2 Å². The summed E-state index contributed by atoms with van der Waals surface area (Å²) < 4.78 is 20.9. The molecule has 2 aromatic heterocycles. The van der Waals surface area contributed by atoms with Crippen LogP contribution in [-0.2, 0) is 4.74 Å². The summed E-state index contributed by atoms with van der Waals surface area (Å²) in [4.78, 5) is 22.2. The predicted molar refractivity (Wildman–Crippen MR) is 120 cm³/mol. The molecule has 32 heavy (non-hydrogen) atoms. The number of pyridine rings is 1. The van der Waals surface area contributed by atoms with Gasteiger partial charge in [-0.15, -0.1) is 0 Å². The molecule has 1 aliphatic heterocycles. The van der Waals surface area contributed by atoms with Crippen LogP contribution in [0, 0.1) is 5.82 Å². The maximum absolute atomic E-state index is 14.1. The predicted octanol–water partition coefficient (Wildman–Crippen LogP) is 3.66. The first-order valence-electron chi connectivity index (χ1n) is 10.5. The lowest BCUT2D eigenvalue weighted by Crippen LogP contribution is -2.29. The highest BCUT2D eigenvalue weighted by Crippen LogP contribution is 2.26. The zero-order valence-electron chi connectivity index (χ0n) is 17.4. The molecule has 3 heterocycles. The molecule has 1 saturated heterocycles. The van der Waals surface area contributed by atoms with Crippen molar-refractivity contribution in [3.63, 3.8) is 0 Å². The van der Waals surface area contributed by atoms with Crippen molar-refractivity contribution in [1.29, 1.82) is 0 Å². The monoisotopic (exact) mass is 458 g/mol. The first-order valence-corrected chi connectivity index (χ1v) is 10.9. The van der Waals surface area contributed by atoms with Crippen molar-refractivity contribution in [2.24, 2.45) is 0 Å². The Kier molecular flexibility index (Phi) is 7.14. The van der Waals surface area contributed by atoms with Crippen LogP contribution in [0.2, 0.25) is 5.02 Å². The third-order valence-corrected chi connectivity index (χ3v) is 5.83. The number of anilines is 1. The molecule has 1 aromatic carbocycles. The summed E-state index contributed by atoms with van der Waals surface area (Å²) in [5.41, 5.74) is 1.13. The van der Waals surface area contributed by atoms with Crippen LogP contribution in [0.1, 0.15) is 30.9 Å². The largest absolute Gasteiger partial charge is 0.396 e. The molecule has 1 aliphatic rings. The van der Waals surface area contributed by atoms with Crippen molar-refractivity contribution in [1.82, 2.24) is 14.5 Å². The summed E-state index contributed by atoms with van der Waals surface area (Å²) >= 11 is 5.81. The minimum absolute atomic E-state index is 0.00291. The Labute approximate surface area is 189 Å². The quantitative estimate of drug-likeness (QED) is 0.561. The average molecular weight is 459 g/mol. The molecular formula is C23H24ClFN4O3. The van der Waals surface area contributed by atoms with Gasteiger partial charge in [-0.05, 0) is 55.2 Å². The molecule has 4 rings (SSSR count). The number of nitrogens with one attached hydrogen (secondary N) is 1. The van der Waals surface area contributed by atoms with Crippen molar-refractivity contribution in [2.45, 2.75) is 31.3 Å². The minimum Gasteiger partial charge on any atom is -0.396 e. The van der Waals surface area contributed by atoms with Gasteiger partial charge in [0.05, 0.1) is 22.3 Å². The lowest BCUT2D eigenvalue weighted by molar-refractivity contribution is 0.0903. The number of aliphatic hydroxyl groups excluding tert-OH is 1. The molecule has 0 spiro atoms. The third kappa shape index (κ3) is 4.98. The Balaban J connectivity index is 1.67. The fourth-order valence-electron chi connectivity index (χ4n) is 3.86. The summed E-state index contributed by atoms with van der Waals surface area (Å²) in [6, 6.07) is 9.18. The highest BCUT2D eigenvalue weighted by atomic mass is 35.5. The van der Waals surface area contributed by atoms with Gasteiger partial charge in [0.1, 0.15) is 5.82 Å². The Bertz CT molecular complexity index is 1130. The lowest BCUT2D eigenvalue weighted by Gasteiger charge is -2.23. The molecule has 168 valence electrons. The Hall–Kier alpha value is -2.81. The number of nitrogens with zero attached hydrogens (tertiary/aromatic N) is 3. The van der Waals surface area contributed by atoms with Crippen LogP contribution in [0.3, 0.4) is 0 Å². The van der Waals surface area contributed by atoms with Crippen molar-refractivity contribution in [3.8, 4) is 11.3 Å². The molecule has 7 nitrogen and oxygen atoms in total. The van der Waals surface area contributed by atoms with E-state index in [2.05, 4.69) is 15.3 Å². The second-order valence-electron chi connectivity index (χ2n) is 7.63. The van der Waals surface area contributed by atoms with E-state index >= 15 is 0 Å². The molecule has 2 N–H and O–H groups in total. The number of hydrogen-bond acceptors (Lipinski definition) is 6. The van der Waals surface area contributed by atoms with Crippen molar-refractivity contribution >= 4 is 17.5 Å². The van der Waals surface area contributed by atoms with Crippen LogP contribution in [0.15, 0.2) is 53.6 Å². The van der Waals surface area contributed by atoms with Gasteiger partial charge in [0.2, 0.25) is 5.95 Å². The van der Waals surface area contributed by atoms with Gasteiger partial charge in [-0.3, -0.25) is 4.79 Å². The second-order valence-corrected chi connectivity index (χ2v) is 8.04. The normalized spacial score (nSPS) is 15.5. The minimum atomic E-state index is -0.573. The summed E-state index contributed by atoms with van der Waals surface area (Å²) in [6.07, 6.45) is 5.21. The Morgan fingerprint density at radius 2 is 2.09 bits per heavy atom. The van der Waals surface area contributed by atoms with E-state index in [1.807, 2.05) is 0 Å². The third-order valence-electron chi connectivity index (χ3n) is 5.53. The average Bonchev–Trinajstić information content (AvgIpc) is 2.81. The summed E-state index contributed by atoms with van der Waals surface area (Å²) in [5.74, 6) is -0.119. The van der Waals surface area contributed by atoms with Gasteiger partial charge < -0.3 is 19.7 Å². The molecular weight excluding hydrogens is 435 g/mol. The summed E-state index contributed by atoms with van der Waals surface area (Å²) in [7, 11) is 0. The van der Waals surface area contributed by atoms with Crippen molar-refractivity contribution in [2.75, 3.05) is 25.1 Å². The number of hydrogen-bond donors (Lipinski definition) is 2. The van der Waals surface area contributed by atoms with Crippen LogP contribution < -0.4 is 10.9 Å². The highest BCUT2D eigenvalue weighted by molar-refractivity contribution is 6.30. The zero-order valence-corrected chi connectivity index (χ0v) is 18.1. The Morgan fingerprint density at radius 1 is 1.28 bits per heavy atom. The maximum Gasteiger partial charge on any atom is 0.260 e. The number of halogens is 2. The number of aromatic nitrogens is 3. The van der Waals surface area contributed by atoms with E-state index in [9.17, 15) is 14.3 Å². The number of aliphatic hydroxyl groups is 1. The topological polar surface area (TPSA) is 89.3 Å². The standard InChI is InChI=1S/C23H24ClFN4O3/c24-18-4-3-15(14-19(18)25)21(6-11-30)29-10-1-2-17(22(29)31)20-5-9-26-23(28-20)27-16-7-12-32-13-8-16/h1-5,9-10,14,16,21,30H,6-8,11-13H2,(H,26,27,28). The zero-order chi connectivity index (χ0) is 22.5. The maximum atomic E-state index is 14.1. The molecule has 3 aromatic rings. The van der Waals surface area contributed by atoms with E-state index < -0.39 is 11.9 Å². The molecule has 9 heteroatoms. The second kappa shape index (κ2) is 10.2. The first-order chi connectivity index (χ1) is 15.6. The van der Waals surface area contributed by atoms with E-state index in [1.54, 1.807) is 36.7 Å². The molecule has 1 unspecified atom stereocenters. The SMILES string of the molecule is O=c1c(-c2ccnc(NC3CCOCC3)n2)cccn1C(CCO)c1ccc(Cl)c(F)c1. The molecule has 0 saturated carbocycles. The lowest BCUT2D eigenvalue weighted by atomic mass is 10.0. The van der Waals surface area contributed by atoms with Gasteiger partial charge in [0.15, 0.2) is 0 Å². The van der Waals surface area contributed by atoms with Gasteiger partial charge in [-0.1, -0.05) is 17.7 Å². The first kappa shape index (κ1) is 22.4. The highest BCUT2D eigenvalue weighted by Gasteiger charge is 2.19. The molecule has 1 atom stereocenters. The van der Waals surface area contributed by atoms with E-state index in [0.29, 0.717) is 36.0 Å². The number of rotatable bonds is 7. The van der Waals surface area contributed by atoms with Crippen LogP contribution in [-0.4, -0.2) is 45.5 Å². The fourth-order valence-corrected chi connectivity index (χ4v) is 3.98. The number of ether oxygens (including phenoxy) is 1. The van der Waals surface area contributed by atoms with Crippen LogP contribution in [0.5, 0.6) is 0 Å². The fraction of sp³-hybridized carbons (Fsp3) is 0.348. The molecule has 0 aliphatic carbocycles. The number of benzene rings is 1. The molecule has 0 radical (unpaired) electrons. The van der Waals surface area contributed by atoms with Gasteiger partial charge in [-0.25, -0.2) is 14.4 Å². The molecule has 0 bridgehead atoms. The molecule has 1 fully saturated rings. The van der Waals surface area contributed by atoms with E-state index in [4.69, 9.17) is 16.3 Å². The van der Waals surface area contributed by atoms with Crippen molar-refractivity contribution in [3.05, 3.63) is 75.5 Å². The van der Waals surface area contributed by atoms with E-state index in [0.717, 1.165) is 12.8 Å². The van der Waals surface area contributed by atoms with Crippen LogP contribution in [0.25, 0.3) is 11.3 Å². The smallest absolute Gasteiger partial charge is 0.260 e. The summed E-state index contributed by atoms with van der Waals surface area (Å²) in [5, 5.41) is 12.9. The van der Waals surface area contributed by atoms with Gasteiger partial charge >= 0.3 is 0 Å². The van der Waals surface area contributed by atoms with E-state index in [1.165, 1.54) is 16.7 Å². The van der Waals surface area contributed by atoms with Crippen LogP contribution in [0.4, 0.5) is 10.3 Å². The van der Waals surface area contributed by atoms with Gasteiger partial charge in [0.25, 0.3) is 5.56 Å². The van der Waals surface area contributed by atoms with Gasteiger partial charge in [-0.2, -0.15) is 0 Å². The summed E-state index contributed by atoms with van der Waals surface area (Å²) in [6.45, 7) is 1.22. The Morgan fingerprint density at radius 3 is 2.84 bits per heavy atom. The van der Waals surface area contributed by atoms with Crippen LogP contribution >= 0.6 is 11.6 Å². The van der Waals surface area contributed by atoms with E-state index in [-0.39, 0.29) is 29.7 Å².